The van der Waals surface area contributed by atoms with Crippen molar-refractivity contribution in [1.82, 2.24) is 4.98 Å². The molecule has 0 saturated carbocycles. The van der Waals surface area contributed by atoms with Gasteiger partial charge in [-0.2, -0.15) is 0 Å². The first kappa shape index (κ1) is 14.1. The summed E-state index contributed by atoms with van der Waals surface area (Å²) < 4.78 is 10.4. The van der Waals surface area contributed by atoms with Gasteiger partial charge < -0.3 is 14.8 Å². The summed E-state index contributed by atoms with van der Waals surface area (Å²) in [7, 11) is 1.32. The zero-order valence-electron chi connectivity index (χ0n) is 12.2. The van der Waals surface area contributed by atoms with Crippen molar-refractivity contribution in [2.75, 3.05) is 19.0 Å². The molecule has 3 rings (SSSR count). The Labute approximate surface area is 127 Å². The van der Waals surface area contributed by atoms with Gasteiger partial charge in [-0.3, -0.25) is 9.78 Å². The van der Waals surface area contributed by atoms with E-state index in [1.807, 2.05) is 13.0 Å². The van der Waals surface area contributed by atoms with Crippen LogP contribution in [0, 0.1) is 6.92 Å². The Morgan fingerprint density at radius 2 is 2.18 bits per heavy atom. The Bertz CT molecular complexity index is 771. The van der Waals surface area contributed by atoms with Crippen molar-refractivity contribution in [2.45, 2.75) is 6.92 Å². The Morgan fingerprint density at radius 3 is 2.95 bits per heavy atom. The molecule has 2 aromatic rings. The molecule has 22 heavy (non-hydrogen) atoms. The molecule has 0 atom stereocenters. The lowest BCUT2D eigenvalue weighted by Crippen LogP contribution is -2.25. The minimum Gasteiger partial charge on any atom is -0.481 e. The molecule has 0 unspecified atom stereocenters. The molecule has 1 aromatic heterocycles. The largest absolute Gasteiger partial charge is 0.481 e. The number of aryl methyl sites for hydroxylation is 1. The number of rotatable bonds is 2. The van der Waals surface area contributed by atoms with Crippen LogP contribution in [0.2, 0.25) is 0 Å². The molecule has 0 fully saturated rings. The lowest BCUT2D eigenvalue weighted by atomic mass is 9.98. The number of para-hydroxylation sites is 1. The number of methoxy groups -OCH3 is 1. The third-order valence-corrected chi connectivity index (χ3v) is 3.37. The number of pyridine rings is 1. The van der Waals surface area contributed by atoms with Crippen LogP contribution in [0.5, 0.6) is 5.75 Å². The smallest absolute Gasteiger partial charge is 0.340 e. The van der Waals surface area contributed by atoms with Gasteiger partial charge in [-0.1, -0.05) is 12.1 Å². The van der Waals surface area contributed by atoms with Gasteiger partial charge in [0, 0.05) is 23.0 Å². The number of aromatic nitrogens is 1. The molecule has 6 nitrogen and oxygen atoms in total. The van der Waals surface area contributed by atoms with Crippen LogP contribution >= 0.6 is 0 Å². The lowest BCUT2D eigenvalue weighted by molar-refractivity contribution is -0.118. The van der Waals surface area contributed by atoms with E-state index in [1.165, 1.54) is 13.3 Å². The molecule has 1 N–H and O–H groups in total. The molecule has 1 amide bonds. The van der Waals surface area contributed by atoms with Crippen LogP contribution in [0.4, 0.5) is 5.69 Å². The van der Waals surface area contributed by atoms with Crippen molar-refractivity contribution in [3.8, 4) is 16.9 Å². The van der Waals surface area contributed by atoms with Gasteiger partial charge in [0.05, 0.1) is 18.4 Å². The summed E-state index contributed by atoms with van der Waals surface area (Å²) in [5, 5.41) is 2.75. The Balaban J connectivity index is 2.20. The van der Waals surface area contributed by atoms with Gasteiger partial charge in [0.1, 0.15) is 0 Å². The molecule has 0 saturated heterocycles. The number of nitrogens with one attached hydrogen (secondary N) is 1. The maximum atomic E-state index is 12.0. The maximum absolute atomic E-state index is 12.0. The standard InChI is InChI=1S/C16H14N2O4/c1-9-6-11(12(7-17-9)16(20)21-2)10-4-3-5-13-15(10)22-8-14(19)18-13/h3-7H,8H2,1-2H3,(H,18,19). The molecule has 1 aliphatic rings. The monoisotopic (exact) mass is 298 g/mol. The Morgan fingerprint density at radius 1 is 1.36 bits per heavy atom. The van der Waals surface area contributed by atoms with Crippen molar-refractivity contribution in [3.05, 3.63) is 41.7 Å². The Hall–Kier alpha value is -2.89. The first-order valence-electron chi connectivity index (χ1n) is 6.71. The highest BCUT2D eigenvalue weighted by atomic mass is 16.5. The molecule has 2 heterocycles. The van der Waals surface area contributed by atoms with Crippen LogP contribution in [0.15, 0.2) is 30.5 Å². The molecule has 0 spiro atoms. The summed E-state index contributed by atoms with van der Waals surface area (Å²) in [6.07, 6.45) is 1.48. The number of ether oxygens (including phenoxy) is 2. The van der Waals surface area contributed by atoms with Crippen LogP contribution in [-0.2, 0) is 9.53 Å². The summed E-state index contributed by atoms with van der Waals surface area (Å²) in [4.78, 5) is 27.5. The van der Waals surface area contributed by atoms with Gasteiger partial charge in [-0.25, -0.2) is 4.79 Å². The van der Waals surface area contributed by atoms with Gasteiger partial charge in [-0.05, 0) is 19.1 Å². The van der Waals surface area contributed by atoms with E-state index < -0.39 is 5.97 Å². The molecule has 1 aromatic carbocycles. The molecule has 0 radical (unpaired) electrons. The first-order chi connectivity index (χ1) is 10.6. The van der Waals surface area contributed by atoms with Crippen molar-refractivity contribution < 1.29 is 19.1 Å². The molecule has 0 aliphatic carbocycles. The van der Waals surface area contributed by atoms with E-state index in [0.717, 1.165) is 5.69 Å². The van der Waals surface area contributed by atoms with Gasteiger partial charge >= 0.3 is 5.97 Å². The predicted molar refractivity (Wildman–Crippen MR) is 79.9 cm³/mol. The summed E-state index contributed by atoms with van der Waals surface area (Å²) in [6, 6.07) is 7.17. The van der Waals surface area contributed by atoms with Crippen LogP contribution < -0.4 is 10.1 Å². The topological polar surface area (TPSA) is 77.5 Å². The highest BCUT2D eigenvalue weighted by Gasteiger charge is 2.23. The highest BCUT2D eigenvalue weighted by Crippen LogP contribution is 2.39. The zero-order valence-corrected chi connectivity index (χ0v) is 12.2. The minimum atomic E-state index is -0.472. The summed E-state index contributed by atoms with van der Waals surface area (Å²) in [5.41, 5.74) is 3.07. The van der Waals surface area contributed by atoms with Gasteiger partial charge in [0.25, 0.3) is 5.91 Å². The van der Waals surface area contributed by atoms with Crippen LogP contribution in [0.25, 0.3) is 11.1 Å². The van der Waals surface area contributed by atoms with Crippen molar-refractivity contribution in [1.29, 1.82) is 0 Å². The van der Waals surface area contributed by atoms with Crippen molar-refractivity contribution in [2.24, 2.45) is 0 Å². The third kappa shape index (κ3) is 2.39. The fourth-order valence-corrected chi connectivity index (χ4v) is 2.38. The predicted octanol–water partition coefficient (Wildman–Crippen LogP) is 2.17. The van der Waals surface area contributed by atoms with E-state index in [4.69, 9.17) is 9.47 Å². The summed E-state index contributed by atoms with van der Waals surface area (Å²) in [5.74, 6) is -0.137. The molecule has 6 heteroatoms. The highest BCUT2D eigenvalue weighted by molar-refractivity contribution is 6.01. The number of benzene rings is 1. The average Bonchev–Trinajstić information content (AvgIpc) is 2.53. The maximum Gasteiger partial charge on any atom is 0.340 e. The van der Waals surface area contributed by atoms with Gasteiger partial charge in [-0.15, -0.1) is 0 Å². The van der Waals surface area contributed by atoms with Crippen molar-refractivity contribution >= 4 is 17.6 Å². The number of nitrogens with zero attached hydrogens (tertiary/aromatic N) is 1. The molecular formula is C16H14N2O4. The van der Waals surface area contributed by atoms with E-state index in [2.05, 4.69) is 10.3 Å². The van der Waals surface area contributed by atoms with E-state index in [9.17, 15) is 9.59 Å². The molecule has 0 bridgehead atoms. The summed E-state index contributed by atoms with van der Waals surface area (Å²) in [6.45, 7) is 1.78. The molecule has 112 valence electrons. The average molecular weight is 298 g/mol. The summed E-state index contributed by atoms with van der Waals surface area (Å²) >= 11 is 0. The second-order valence-electron chi connectivity index (χ2n) is 4.88. The first-order valence-corrected chi connectivity index (χ1v) is 6.71. The fourth-order valence-electron chi connectivity index (χ4n) is 2.38. The van der Waals surface area contributed by atoms with E-state index in [1.54, 1.807) is 18.2 Å². The third-order valence-electron chi connectivity index (χ3n) is 3.37. The number of amides is 1. The second kappa shape index (κ2) is 5.48. The number of hydrogen-bond acceptors (Lipinski definition) is 5. The number of hydrogen-bond donors (Lipinski definition) is 1. The van der Waals surface area contributed by atoms with E-state index >= 15 is 0 Å². The number of esters is 1. The van der Waals surface area contributed by atoms with E-state index in [-0.39, 0.29) is 12.5 Å². The number of anilines is 1. The molecule has 1 aliphatic heterocycles. The zero-order chi connectivity index (χ0) is 15.7. The second-order valence-corrected chi connectivity index (χ2v) is 4.88. The number of carbonyl (C=O) groups excluding carboxylic acids is 2. The van der Waals surface area contributed by atoms with Crippen LogP contribution in [0.1, 0.15) is 16.1 Å². The van der Waals surface area contributed by atoms with Gasteiger partial charge in [0.15, 0.2) is 12.4 Å². The van der Waals surface area contributed by atoms with E-state index in [0.29, 0.717) is 28.1 Å². The minimum absolute atomic E-state index is 0.0539. The normalized spacial score (nSPS) is 12.9. The van der Waals surface area contributed by atoms with Crippen molar-refractivity contribution in [3.63, 3.8) is 0 Å². The van der Waals surface area contributed by atoms with Gasteiger partial charge in [0.2, 0.25) is 0 Å². The number of carbonyl (C=O) groups is 2. The quantitative estimate of drug-likeness (QED) is 0.860. The van der Waals surface area contributed by atoms with Crippen LogP contribution in [0.3, 0.4) is 0 Å². The van der Waals surface area contributed by atoms with Crippen LogP contribution in [-0.4, -0.2) is 30.6 Å². The fraction of sp³-hybridized carbons (Fsp3) is 0.188. The molecular weight excluding hydrogens is 284 g/mol. The lowest BCUT2D eigenvalue weighted by Gasteiger charge is -2.21. The number of fused-ring (bicyclic) bond motifs is 1. The Kier molecular flexibility index (Phi) is 3.50. The SMILES string of the molecule is COC(=O)c1cnc(C)cc1-c1cccc2c1OCC(=O)N2.